The summed E-state index contributed by atoms with van der Waals surface area (Å²) in [5.74, 6) is -0.938. The van der Waals surface area contributed by atoms with Crippen molar-refractivity contribution in [1.82, 2.24) is 9.78 Å². The molecule has 0 atom stereocenters. The molecule has 0 spiro atoms. The lowest BCUT2D eigenvalue weighted by atomic mass is 10.1. The third-order valence-electron chi connectivity index (χ3n) is 4.20. The summed E-state index contributed by atoms with van der Waals surface area (Å²) in [6.07, 6.45) is -8.49. The van der Waals surface area contributed by atoms with Crippen LogP contribution in [0, 0.1) is 0 Å². The van der Waals surface area contributed by atoms with Gasteiger partial charge in [-0.2, -0.15) is 31.4 Å². The van der Waals surface area contributed by atoms with Crippen LogP contribution in [0.15, 0.2) is 30.5 Å². The van der Waals surface area contributed by atoms with Crippen LogP contribution in [0.2, 0.25) is 0 Å². The Morgan fingerprint density at radius 1 is 1.07 bits per heavy atom. The largest absolute Gasteiger partial charge is 0.435 e. The van der Waals surface area contributed by atoms with Crippen molar-refractivity contribution >= 4 is 17.3 Å². The summed E-state index contributed by atoms with van der Waals surface area (Å²) in [5, 5.41) is 5.30. The van der Waals surface area contributed by atoms with Crippen molar-refractivity contribution in [2.45, 2.75) is 18.9 Å². The monoisotopic (exact) mass is 422 g/mol. The van der Waals surface area contributed by atoms with Gasteiger partial charge in [-0.3, -0.25) is 9.48 Å². The van der Waals surface area contributed by atoms with Crippen LogP contribution in [0.25, 0.3) is 0 Å². The maximum atomic E-state index is 13.5. The topological polar surface area (TPSA) is 59.4 Å². The summed E-state index contributed by atoms with van der Waals surface area (Å²) in [4.78, 5) is 13.8. The van der Waals surface area contributed by atoms with E-state index in [0.29, 0.717) is 42.7 Å². The third-order valence-corrected chi connectivity index (χ3v) is 4.20. The number of alkyl halides is 6. The molecule has 1 aliphatic rings. The lowest BCUT2D eigenvalue weighted by molar-refractivity contribution is -0.141. The highest BCUT2D eigenvalue weighted by atomic mass is 19.4. The van der Waals surface area contributed by atoms with Gasteiger partial charge in [-0.25, -0.2) is 0 Å². The molecule has 1 fully saturated rings. The molecule has 1 saturated heterocycles. The van der Waals surface area contributed by atoms with Gasteiger partial charge in [-0.1, -0.05) is 0 Å². The second-order valence-electron chi connectivity index (χ2n) is 6.27. The van der Waals surface area contributed by atoms with Gasteiger partial charge in [0.15, 0.2) is 5.69 Å². The number of nitrogens with zero attached hydrogens (tertiary/aromatic N) is 3. The van der Waals surface area contributed by atoms with E-state index in [9.17, 15) is 31.1 Å². The van der Waals surface area contributed by atoms with Gasteiger partial charge in [0.05, 0.1) is 24.5 Å². The van der Waals surface area contributed by atoms with Crippen molar-refractivity contribution < 1.29 is 35.9 Å². The quantitative estimate of drug-likeness (QED) is 0.768. The lowest BCUT2D eigenvalue weighted by Crippen LogP contribution is -2.36. The molecule has 29 heavy (non-hydrogen) atoms. The molecule has 0 saturated carbocycles. The van der Waals surface area contributed by atoms with E-state index in [1.54, 1.807) is 4.90 Å². The number of anilines is 2. The zero-order valence-electron chi connectivity index (χ0n) is 14.8. The van der Waals surface area contributed by atoms with Crippen molar-refractivity contribution in [3.63, 3.8) is 0 Å². The number of rotatable bonds is 4. The average Bonchev–Trinajstić information content (AvgIpc) is 3.10. The molecule has 1 aromatic heterocycles. The van der Waals surface area contributed by atoms with Crippen LogP contribution in [-0.2, 0) is 28.4 Å². The van der Waals surface area contributed by atoms with Crippen LogP contribution >= 0.6 is 0 Å². The molecule has 1 N–H and O–H groups in total. The average molecular weight is 422 g/mol. The van der Waals surface area contributed by atoms with Gasteiger partial charge in [-0.05, 0) is 24.3 Å². The smallest absolute Gasteiger partial charge is 0.378 e. The van der Waals surface area contributed by atoms with Crippen LogP contribution < -0.4 is 10.2 Å². The molecule has 0 radical (unpaired) electrons. The second kappa shape index (κ2) is 7.93. The first-order valence-corrected chi connectivity index (χ1v) is 8.48. The van der Waals surface area contributed by atoms with Gasteiger partial charge < -0.3 is 15.0 Å². The van der Waals surface area contributed by atoms with Crippen molar-refractivity contribution in [1.29, 1.82) is 0 Å². The minimum absolute atomic E-state index is 0.334. The molecule has 1 amide bonds. The van der Waals surface area contributed by atoms with Crippen molar-refractivity contribution in [3.8, 4) is 0 Å². The predicted octanol–water partition coefficient (Wildman–Crippen LogP) is 3.40. The Labute approximate surface area is 161 Å². The van der Waals surface area contributed by atoms with Crippen LogP contribution in [-0.4, -0.2) is 42.0 Å². The SMILES string of the molecule is O=C(Cn1ccc(C(F)(F)F)n1)Nc1ccc(N2CCOCC2)cc1C(F)(F)F. The fourth-order valence-corrected chi connectivity index (χ4v) is 2.83. The molecule has 2 heterocycles. The minimum atomic E-state index is -4.74. The Morgan fingerprint density at radius 2 is 1.76 bits per heavy atom. The van der Waals surface area contributed by atoms with Gasteiger partial charge >= 0.3 is 12.4 Å². The number of carbonyl (C=O) groups is 1. The van der Waals surface area contributed by atoms with Crippen molar-refractivity contribution in [2.24, 2.45) is 0 Å². The highest BCUT2D eigenvalue weighted by Gasteiger charge is 2.35. The van der Waals surface area contributed by atoms with Gasteiger partial charge in [0.25, 0.3) is 0 Å². The van der Waals surface area contributed by atoms with E-state index in [-0.39, 0.29) is 0 Å². The van der Waals surface area contributed by atoms with E-state index >= 15 is 0 Å². The molecule has 3 rings (SSSR count). The van der Waals surface area contributed by atoms with Crippen molar-refractivity contribution in [2.75, 3.05) is 36.5 Å². The molecule has 12 heteroatoms. The molecule has 1 aromatic carbocycles. The fraction of sp³-hybridized carbons (Fsp3) is 0.412. The molecular weight excluding hydrogens is 406 g/mol. The van der Waals surface area contributed by atoms with Crippen LogP contribution in [0.3, 0.4) is 0 Å². The first kappa shape index (κ1) is 21.0. The number of amides is 1. The second-order valence-corrected chi connectivity index (χ2v) is 6.27. The number of ether oxygens (including phenoxy) is 1. The van der Waals surface area contributed by atoms with E-state index in [2.05, 4.69) is 10.4 Å². The molecule has 0 aliphatic carbocycles. The zero-order chi connectivity index (χ0) is 21.2. The minimum Gasteiger partial charge on any atom is -0.378 e. The molecule has 1 aliphatic heterocycles. The molecular formula is C17H16F6N4O2. The van der Waals surface area contributed by atoms with E-state index in [0.717, 1.165) is 18.3 Å². The zero-order valence-corrected chi connectivity index (χ0v) is 14.8. The number of aromatic nitrogens is 2. The Balaban J connectivity index is 1.76. The van der Waals surface area contributed by atoms with Crippen molar-refractivity contribution in [3.05, 3.63) is 41.7 Å². The normalized spacial score (nSPS) is 15.4. The summed E-state index contributed by atoms with van der Waals surface area (Å²) < 4.78 is 83.9. The molecule has 2 aromatic rings. The van der Waals surface area contributed by atoms with E-state index < -0.39 is 41.7 Å². The van der Waals surface area contributed by atoms with Gasteiger partial charge in [0, 0.05) is 25.0 Å². The summed E-state index contributed by atoms with van der Waals surface area (Å²) in [5.41, 5.74) is -2.40. The summed E-state index contributed by atoms with van der Waals surface area (Å²) in [6.45, 7) is 0.986. The van der Waals surface area contributed by atoms with Gasteiger partial charge in [-0.15, -0.1) is 0 Å². The number of benzene rings is 1. The summed E-state index contributed by atoms with van der Waals surface area (Å²) >= 11 is 0. The fourth-order valence-electron chi connectivity index (χ4n) is 2.83. The lowest BCUT2D eigenvalue weighted by Gasteiger charge is -2.29. The van der Waals surface area contributed by atoms with Gasteiger partial charge in [0.2, 0.25) is 5.91 Å². The van der Waals surface area contributed by atoms with E-state index in [4.69, 9.17) is 4.74 Å². The number of halogens is 6. The highest BCUT2D eigenvalue weighted by Crippen LogP contribution is 2.37. The van der Waals surface area contributed by atoms with Crippen LogP contribution in [0.4, 0.5) is 37.7 Å². The molecule has 6 nitrogen and oxygen atoms in total. The van der Waals surface area contributed by atoms with Crippen LogP contribution in [0.1, 0.15) is 11.3 Å². The Hall–Kier alpha value is -2.76. The standard InChI is InChI=1S/C17H16F6N4O2/c18-16(19,20)12-9-11(26-5-7-29-8-6-26)1-2-13(12)24-15(28)10-27-4-3-14(25-27)17(21,22)23/h1-4,9H,5-8,10H2,(H,24,28). The maximum absolute atomic E-state index is 13.5. The predicted molar refractivity (Wildman–Crippen MR) is 90.3 cm³/mol. The molecule has 158 valence electrons. The van der Waals surface area contributed by atoms with E-state index in [1.807, 2.05) is 0 Å². The van der Waals surface area contributed by atoms with Gasteiger partial charge in [0.1, 0.15) is 6.54 Å². The first-order valence-electron chi connectivity index (χ1n) is 8.48. The Bertz CT molecular complexity index is 872. The third kappa shape index (κ3) is 5.19. The summed E-state index contributed by atoms with van der Waals surface area (Å²) in [6, 6.07) is 4.16. The molecule has 0 bridgehead atoms. The highest BCUT2D eigenvalue weighted by molar-refractivity contribution is 5.91. The number of hydrogen-bond donors (Lipinski definition) is 1. The summed E-state index contributed by atoms with van der Waals surface area (Å²) in [7, 11) is 0. The molecule has 0 unspecified atom stereocenters. The first-order chi connectivity index (χ1) is 13.5. The number of hydrogen-bond acceptors (Lipinski definition) is 4. The van der Waals surface area contributed by atoms with Crippen LogP contribution in [0.5, 0.6) is 0 Å². The number of morpholine rings is 1. The maximum Gasteiger partial charge on any atom is 0.435 e. The number of nitrogens with one attached hydrogen (secondary N) is 1. The number of carbonyl (C=O) groups excluding carboxylic acids is 1. The van der Waals surface area contributed by atoms with E-state index in [1.165, 1.54) is 6.07 Å². The Morgan fingerprint density at radius 3 is 2.34 bits per heavy atom. The Kier molecular flexibility index (Phi) is 5.73.